The van der Waals surface area contributed by atoms with Gasteiger partial charge >= 0.3 is 0 Å². The van der Waals surface area contributed by atoms with Crippen LogP contribution in [0.5, 0.6) is 0 Å². The molecule has 1 aromatic heterocycles. The molecule has 2 saturated heterocycles. The van der Waals surface area contributed by atoms with Gasteiger partial charge in [-0.1, -0.05) is 6.92 Å². The smallest absolute Gasteiger partial charge is 0.193 e. The first kappa shape index (κ1) is 17.6. The molecule has 24 heavy (non-hydrogen) atoms. The Morgan fingerprint density at radius 2 is 2.17 bits per heavy atom. The maximum atomic E-state index is 5.00. The highest BCUT2D eigenvalue weighted by atomic mass is 32.2. The van der Waals surface area contributed by atoms with Gasteiger partial charge in [0, 0.05) is 38.6 Å². The molecule has 0 aliphatic carbocycles. The van der Waals surface area contributed by atoms with Crippen LogP contribution < -0.4 is 5.32 Å². The number of rotatable bonds is 4. The number of aliphatic imine (C=N–C) groups is 1. The highest BCUT2D eigenvalue weighted by Crippen LogP contribution is 2.28. The molecule has 3 heterocycles. The lowest BCUT2D eigenvalue weighted by Gasteiger charge is -2.39. The van der Waals surface area contributed by atoms with Crippen LogP contribution in [0, 0.1) is 11.8 Å². The molecule has 0 amide bonds. The van der Waals surface area contributed by atoms with Crippen LogP contribution in [0.2, 0.25) is 0 Å². The van der Waals surface area contributed by atoms with Gasteiger partial charge < -0.3 is 14.8 Å². The third-order valence-electron chi connectivity index (χ3n) is 5.30. The number of imidazole rings is 1. The lowest BCUT2D eigenvalue weighted by Crippen LogP contribution is -2.49. The van der Waals surface area contributed by atoms with Crippen molar-refractivity contribution >= 4 is 17.7 Å². The van der Waals surface area contributed by atoms with E-state index in [0.29, 0.717) is 12.0 Å². The normalized spacial score (nSPS) is 26.6. The standard InChI is InChI=1S/C18H31N5S/c1-3-20-18(21-12-16-5-10-24-11-6-16)22-8-4-15(2)17(13-22)23-9-7-19-14-23/h7,9,14-17H,3-6,8,10-13H2,1-2H3,(H,20,21). The van der Waals surface area contributed by atoms with E-state index < -0.39 is 0 Å². The van der Waals surface area contributed by atoms with Gasteiger partial charge in [0.2, 0.25) is 0 Å². The van der Waals surface area contributed by atoms with Crippen LogP contribution in [0.1, 0.15) is 39.2 Å². The number of aromatic nitrogens is 2. The zero-order valence-corrected chi connectivity index (χ0v) is 15.8. The second kappa shape index (κ2) is 8.79. The van der Waals surface area contributed by atoms with E-state index in [1.807, 2.05) is 12.5 Å². The Labute approximate surface area is 150 Å². The number of nitrogens with one attached hydrogen (secondary N) is 1. The van der Waals surface area contributed by atoms with E-state index in [2.05, 4.69) is 51.6 Å². The van der Waals surface area contributed by atoms with Crippen molar-refractivity contribution in [2.75, 3.05) is 37.7 Å². The van der Waals surface area contributed by atoms with E-state index in [9.17, 15) is 0 Å². The molecule has 134 valence electrons. The fraction of sp³-hybridized carbons (Fsp3) is 0.778. The van der Waals surface area contributed by atoms with E-state index in [1.165, 1.54) is 30.8 Å². The molecule has 1 N–H and O–H groups in total. The Kier molecular flexibility index (Phi) is 6.46. The predicted octanol–water partition coefficient (Wildman–Crippen LogP) is 2.87. The summed E-state index contributed by atoms with van der Waals surface area (Å²) in [4.78, 5) is 11.7. The first-order valence-electron chi connectivity index (χ1n) is 9.36. The summed E-state index contributed by atoms with van der Waals surface area (Å²) in [6.07, 6.45) is 9.77. The lowest BCUT2D eigenvalue weighted by atomic mass is 9.93. The summed E-state index contributed by atoms with van der Waals surface area (Å²) in [5, 5.41) is 3.52. The Morgan fingerprint density at radius 1 is 1.33 bits per heavy atom. The molecule has 6 heteroatoms. The van der Waals surface area contributed by atoms with Crippen LogP contribution in [-0.4, -0.2) is 58.1 Å². The number of hydrogen-bond donors (Lipinski definition) is 1. The van der Waals surface area contributed by atoms with Crippen molar-refractivity contribution in [3.8, 4) is 0 Å². The third-order valence-corrected chi connectivity index (χ3v) is 6.35. The van der Waals surface area contributed by atoms with Crippen LogP contribution in [0.3, 0.4) is 0 Å². The average molecular weight is 350 g/mol. The van der Waals surface area contributed by atoms with Crippen LogP contribution in [-0.2, 0) is 0 Å². The van der Waals surface area contributed by atoms with Crippen molar-refractivity contribution < 1.29 is 0 Å². The molecule has 0 aromatic carbocycles. The summed E-state index contributed by atoms with van der Waals surface area (Å²) in [5.41, 5.74) is 0. The van der Waals surface area contributed by atoms with Crippen LogP contribution in [0.4, 0.5) is 0 Å². The summed E-state index contributed by atoms with van der Waals surface area (Å²) in [7, 11) is 0. The van der Waals surface area contributed by atoms with Gasteiger partial charge in [-0.2, -0.15) is 11.8 Å². The van der Waals surface area contributed by atoms with E-state index >= 15 is 0 Å². The van der Waals surface area contributed by atoms with E-state index in [-0.39, 0.29) is 0 Å². The predicted molar refractivity (Wildman–Crippen MR) is 103 cm³/mol. The molecule has 2 aliphatic rings. The number of nitrogens with zero attached hydrogens (tertiary/aromatic N) is 4. The van der Waals surface area contributed by atoms with Crippen molar-refractivity contribution in [3.05, 3.63) is 18.7 Å². The van der Waals surface area contributed by atoms with E-state index in [4.69, 9.17) is 4.99 Å². The lowest BCUT2D eigenvalue weighted by molar-refractivity contribution is 0.188. The second-order valence-corrected chi connectivity index (χ2v) is 8.26. The van der Waals surface area contributed by atoms with Crippen molar-refractivity contribution in [2.45, 2.75) is 39.2 Å². The van der Waals surface area contributed by atoms with Gasteiger partial charge in [0.25, 0.3) is 0 Å². The molecule has 0 spiro atoms. The molecule has 0 saturated carbocycles. The van der Waals surface area contributed by atoms with Gasteiger partial charge in [-0.15, -0.1) is 0 Å². The molecular formula is C18H31N5S. The summed E-state index contributed by atoms with van der Waals surface area (Å²) >= 11 is 2.09. The van der Waals surface area contributed by atoms with Gasteiger partial charge in [-0.25, -0.2) is 4.98 Å². The molecule has 2 atom stereocenters. The van der Waals surface area contributed by atoms with Gasteiger partial charge in [0.05, 0.1) is 12.4 Å². The van der Waals surface area contributed by atoms with Crippen LogP contribution >= 0.6 is 11.8 Å². The minimum atomic E-state index is 0.483. The number of hydrogen-bond acceptors (Lipinski definition) is 3. The summed E-state index contributed by atoms with van der Waals surface area (Å²) in [6.45, 7) is 8.53. The number of guanidine groups is 1. The van der Waals surface area contributed by atoms with Crippen molar-refractivity contribution in [1.29, 1.82) is 0 Å². The maximum absolute atomic E-state index is 5.00. The van der Waals surface area contributed by atoms with Crippen molar-refractivity contribution in [2.24, 2.45) is 16.8 Å². The molecule has 5 nitrogen and oxygen atoms in total. The molecule has 1 aromatic rings. The van der Waals surface area contributed by atoms with Gasteiger partial charge in [-0.3, -0.25) is 4.99 Å². The highest BCUT2D eigenvalue weighted by molar-refractivity contribution is 7.99. The van der Waals surface area contributed by atoms with Gasteiger partial charge in [-0.05, 0) is 49.5 Å². The quantitative estimate of drug-likeness (QED) is 0.671. The largest absolute Gasteiger partial charge is 0.357 e. The number of piperidine rings is 1. The maximum Gasteiger partial charge on any atom is 0.193 e. The zero-order chi connectivity index (χ0) is 16.8. The van der Waals surface area contributed by atoms with Crippen molar-refractivity contribution in [1.82, 2.24) is 19.8 Å². The topological polar surface area (TPSA) is 45.5 Å². The first-order chi connectivity index (χ1) is 11.8. The average Bonchev–Trinajstić information content (AvgIpc) is 3.14. The molecule has 3 rings (SSSR count). The summed E-state index contributed by atoms with van der Waals surface area (Å²) in [6, 6.07) is 0.483. The minimum Gasteiger partial charge on any atom is -0.357 e. The molecule has 2 fully saturated rings. The fourth-order valence-electron chi connectivity index (χ4n) is 3.67. The monoisotopic (exact) mass is 349 g/mol. The van der Waals surface area contributed by atoms with E-state index in [1.54, 1.807) is 0 Å². The van der Waals surface area contributed by atoms with Gasteiger partial charge in [0.15, 0.2) is 5.96 Å². The molecule has 0 bridgehead atoms. The van der Waals surface area contributed by atoms with Crippen LogP contribution in [0.25, 0.3) is 0 Å². The summed E-state index contributed by atoms with van der Waals surface area (Å²) in [5.74, 6) is 5.16. The van der Waals surface area contributed by atoms with Gasteiger partial charge in [0.1, 0.15) is 0 Å². The number of thioether (sulfide) groups is 1. The highest BCUT2D eigenvalue weighted by Gasteiger charge is 2.29. The Hall–Kier alpha value is -1.17. The Balaban J connectivity index is 1.65. The minimum absolute atomic E-state index is 0.483. The number of likely N-dealkylation sites (tertiary alicyclic amines) is 1. The Bertz CT molecular complexity index is 509. The van der Waals surface area contributed by atoms with Crippen LogP contribution in [0.15, 0.2) is 23.7 Å². The summed E-state index contributed by atoms with van der Waals surface area (Å²) < 4.78 is 2.26. The molecule has 2 aliphatic heterocycles. The SMILES string of the molecule is CCNC(=NCC1CCSCC1)N1CCC(C)C(n2ccnc2)C1. The molecular weight excluding hydrogens is 318 g/mol. The van der Waals surface area contributed by atoms with Crippen molar-refractivity contribution in [3.63, 3.8) is 0 Å². The molecule has 0 radical (unpaired) electrons. The molecule has 2 unspecified atom stereocenters. The second-order valence-electron chi connectivity index (χ2n) is 7.04. The third kappa shape index (κ3) is 4.47. The fourth-order valence-corrected chi connectivity index (χ4v) is 4.87. The zero-order valence-electron chi connectivity index (χ0n) is 15.0. The Morgan fingerprint density at radius 3 is 2.88 bits per heavy atom. The first-order valence-corrected chi connectivity index (χ1v) is 10.5. The van der Waals surface area contributed by atoms with E-state index in [0.717, 1.165) is 38.1 Å².